The van der Waals surface area contributed by atoms with Crippen molar-refractivity contribution in [2.45, 2.75) is 58.0 Å². The molecule has 10 heteroatoms. The van der Waals surface area contributed by atoms with Crippen LogP contribution in [-0.2, 0) is 9.53 Å². The van der Waals surface area contributed by atoms with Crippen molar-refractivity contribution in [3.63, 3.8) is 0 Å². The molecular weight excluding hydrogens is 562 g/mol. The maximum Gasteiger partial charge on any atom is 0.347 e. The molecule has 1 atom stereocenters. The third kappa shape index (κ3) is 6.15. The summed E-state index contributed by atoms with van der Waals surface area (Å²) in [6, 6.07) is 8.81. The second-order valence-electron chi connectivity index (χ2n) is 8.87. The first-order chi connectivity index (χ1) is 17.8. The molecule has 1 heterocycles. The predicted molar refractivity (Wildman–Crippen MR) is 147 cm³/mol. The summed E-state index contributed by atoms with van der Waals surface area (Å²) in [5, 5.41) is 5.28. The number of methoxy groups -OCH3 is 1. The van der Waals surface area contributed by atoms with Crippen molar-refractivity contribution < 1.29 is 19.0 Å². The summed E-state index contributed by atoms with van der Waals surface area (Å²) in [7, 11) is 1.48. The zero-order chi connectivity index (χ0) is 26.5. The molecule has 2 aromatic carbocycles. The van der Waals surface area contributed by atoms with Crippen molar-refractivity contribution in [2.75, 3.05) is 13.7 Å². The fraction of sp³-hybridized carbons (Fsp3) is 0.407. The van der Waals surface area contributed by atoms with E-state index in [4.69, 9.17) is 30.8 Å². The van der Waals surface area contributed by atoms with Crippen molar-refractivity contribution in [1.29, 1.82) is 0 Å². The molecule has 37 heavy (non-hydrogen) atoms. The van der Waals surface area contributed by atoms with Crippen LogP contribution in [0.3, 0.4) is 0 Å². The van der Waals surface area contributed by atoms with Crippen LogP contribution in [0, 0.1) is 0 Å². The molecule has 0 amide bonds. The smallest absolute Gasteiger partial charge is 0.347 e. The molecule has 1 aromatic heterocycles. The van der Waals surface area contributed by atoms with E-state index in [1.165, 1.54) is 18.2 Å². The van der Waals surface area contributed by atoms with Gasteiger partial charge in [0.15, 0.2) is 17.6 Å². The lowest BCUT2D eigenvalue weighted by atomic mass is 9.88. The van der Waals surface area contributed by atoms with Gasteiger partial charge in [0.2, 0.25) is 0 Å². The van der Waals surface area contributed by atoms with E-state index >= 15 is 0 Å². The molecule has 0 bridgehead atoms. The van der Waals surface area contributed by atoms with Crippen molar-refractivity contribution in [3.05, 3.63) is 61.6 Å². The summed E-state index contributed by atoms with van der Waals surface area (Å²) < 4.78 is 18.4. The molecule has 3 aromatic rings. The second-order valence-corrected chi connectivity index (χ2v) is 10.2. The molecule has 1 aliphatic carbocycles. The zero-order valence-electron chi connectivity index (χ0n) is 21.0. The number of rotatable bonds is 8. The molecule has 1 fully saturated rings. The van der Waals surface area contributed by atoms with Crippen LogP contribution in [0.15, 0.2) is 44.7 Å². The first-order valence-corrected chi connectivity index (χ1v) is 13.5. The third-order valence-corrected chi connectivity index (χ3v) is 7.06. The number of aromatic nitrogens is 2. The Labute approximate surface area is 228 Å². The molecule has 0 unspecified atom stereocenters. The van der Waals surface area contributed by atoms with E-state index in [2.05, 4.69) is 21.0 Å². The second kappa shape index (κ2) is 12.1. The van der Waals surface area contributed by atoms with Gasteiger partial charge in [0.25, 0.3) is 5.56 Å². The lowest BCUT2D eigenvalue weighted by Crippen LogP contribution is -2.26. The Bertz CT molecular complexity index is 1380. The average Bonchev–Trinajstić information content (AvgIpc) is 2.90. The van der Waals surface area contributed by atoms with Crippen molar-refractivity contribution in [2.24, 2.45) is 5.10 Å². The van der Waals surface area contributed by atoms with Crippen LogP contribution in [-0.4, -0.2) is 41.7 Å². The number of hydrogen-bond donors (Lipinski definition) is 0. The van der Waals surface area contributed by atoms with E-state index < -0.39 is 12.1 Å². The highest BCUT2D eigenvalue weighted by Crippen LogP contribution is 2.37. The van der Waals surface area contributed by atoms with Crippen molar-refractivity contribution in [1.82, 2.24) is 9.66 Å². The van der Waals surface area contributed by atoms with Gasteiger partial charge in [0, 0.05) is 10.4 Å². The number of nitrogens with zero attached hydrogens (tertiary/aromatic N) is 3. The molecule has 0 saturated heterocycles. The number of halogens is 2. The summed E-state index contributed by atoms with van der Waals surface area (Å²) >= 11 is 9.94. The summed E-state index contributed by atoms with van der Waals surface area (Å²) in [6.07, 6.45) is 5.99. The molecule has 1 saturated carbocycles. The summed E-state index contributed by atoms with van der Waals surface area (Å²) in [6.45, 7) is 3.55. The van der Waals surface area contributed by atoms with Crippen LogP contribution >= 0.6 is 27.5 Å². The van der Waals surface area contributed by atoms with Gasteiger partial charge in [-0.25, -0.2) is 9.78 Å². The van der Waals surface area contributed by atoms with E-state index in [1.54, 1.807) is 38.3 Å². The number of ether oxygens (including phenoxy) is 3. The van der Waals surface area contributed by atoms with Gasteiger partial charge in [0.05, 0.1) is 35.9 Å². The number of carbonyl (C=O) groups excluding carboxylic acids is 1. The average molecular weight is 591 g/mol. The Morgan fingerprint density at radius 1 is 1.27 bits per heavy atom. The zero-order valence-corrected chi connectivity index (χ0v) is 23.3. The van der Waals surface area contributed by atoms with Gasteiger partial charge >= 0.3 is 5.97 Å². The molecule has 0 spiro atoms. The molecule has 196 valence electrons. The van der Waals surface area contributed by atoms with E-state index in [-0.39, 0.29) is 28.9 Å². The highest BCUT2D eigenvalue weighted by atomic mass is 79.9. The minimum absolute atomic E-state index is 0.157. The van der Waals surface area contributed by atoms with Crippen LogP contribution in [0.25, 0.3) is 10.9 Å². The van der Waals surface area contributed by atoms with E-state index in [9.17, 15) is 9.59 Å². The van der Waals surface area contributed by atoms with E-state index in [0.717, 1.165) is 30.2 Å². The molecule has 1 aliphatic rings. The fourth-order valence-electron chi connectivity index (χ4n) is 4.44. The minimum atomic E-state index is -0.870. The summed E-state index contributed by atoms with van der Waals surface area (Å²) in [5.41, 5.74) is 1.01. The standard InChI is InChI=1S/C27H29BrClN3O5/c1-4-36-27(34)16(2)37-24-21(29)12-17(13-23(24)35-3)15-30-32-25(18-8-6-5-7-9-18)31-22-11-10-19(28)14-20(22)26(32)33/h10-16,18H,4-9H2,1-3H3/t16-/m0/s1. The lowest BCUT2D eigenvalue weighted by molar-refractivity contribution is -0.150. The molecule has 8 nitrogen and oxygen atoms in total. The number of benzene rings is 2. The summed E-state index contributed by atoms with van der Waals surface area (Å²) in [4.78, 5) is 30.4. The Morgan fingerprint density at radius 2 is 2.03 bits per heavy atom. The maximum absolute atomic E-state index is 13.5. The van der Waals surface area contributed by atoms with Crippen LogP contribution in [0.2, 0.25) is 5.02 Å². The number of esters is 1. The number of fused-ring (bicyclic) bond motifs is 1. The Balaban J connectivity index is 1.73. The van der Waals surface area contributed by atoms with E-state index in [1.807, 2.05) is 12.1 Å². The molecular formula is C27H29BrClN3O5. The maximum atomic E-state index is 13.5. The molecule has 0 radical (unpaired) electrons. The van der Waals surface area contributed by atoms with Crippen LogP contribution < -0.4 is 15.0 Å². The lowest BCUT2D eigenvalue weighted by Gasteiger charge is -2.22. The Morgan fingerprint density at radius 3 is 2.73 bits per heavy atom. The first-order valence-electron chi connectivity index (χ1n) is 12.3. The van der Waals surface area contributed by atoms with Crippen LogP contribution in [0.4, 0.5) is 0 Å². The quantitative estimate of drug-likeness (QED) is 0.233. The predicted octanol–water partition coefficient (Wildman–Crippen LogP) is 6.08. The van der Waals surface area contributed by atoms with Gasteiger partial charge < -0.3 is 14.2 Å². The monoisotopic (exact) mass is 589 g/mol. The van der Waals surface area contributed by atoms with Gasteiger partial charge in [-0.1, -0.05) is 46.8 Å². The van der Waals surface area contributed by atoms with Crippen LogP contribution in [0.1, 0.15) is 63.3 Å². The van der Waals surface area contributed by atoms with Gasteiger partial charge in [-0.05, 0) is 62.6 Å². The molecule has 0 N–H and O–H groups in total. The van der Waals surface area contributed by atoms with Gasteiger partial charge in [-0.2, -0.15) is 9.78 Å². The summed E-state index contributed by atoms with van der Waals surface area (Å²) in [5.74, 6) is 0.864. The SMILES string of the molecule is CCOC(=O)[C@H](C)Oc1c(Cl)cc(C=Nn2c(C3CCCCC3)nc3ccc(Br)cc3c2=O)cc1OC. The highest BCUT2D eigenvalue weighted by Gasteiger charge is 2.23. The van der Waals surface area contributed by atoms with Gasteiger partial charge in [-0.3, -0.25) is 4.79 Å². The Hall–Kier alpha value is -2.91. The first kappa shape index (κ1) is 27.1. The topological polar surface area (TPSA) is 92.0 Å². The normalized spacial score (nSPS) is 15.2. The van der Waals surface area contributed by atoms with Crippen LogP contribution in [0.5, 0.6) is 11.5 Å². The number of carbonyl (C=O) groups is 1. The molecule has 4 rings (SSSR count). The Kier molecular flexibility index (Phi) is 8.87. The number of hydrogen-bond acceptors (Lipinski definition) is 7. The molecule has 0 aliphatic heterocycles. The van der Waals surface area contributed by atoms with Gasteiger partial charge in [-0.15, -0.1) is 0 Å². The minimum Gasteiger partial charge on any atom is -0.493 e. The largest absolute Gasteiger partial charge is 0.493 e. The van der Waals surface area contributed by atoms with Crippen molar-refractivity contribution >= 4 is 50.6 Å². The fourth-order valence-corrected chi connectivity index (χ4v) is 5.06. The van der Waals surface area contributed by atoms with Crippen molar-refractivity contribution in [3.8, 4) is 11.5 Å². The highest BCUT2D eigenvalue weighted by molar-refractivity contribution is 9.10. The third-order valence-electron chi connectivity index (χ3n) is 6.29. The van der Waals surface area contributed by atoms with E-state index in [0.29, 0.717) is 28.0 Å². The van der Waals surface area contributed by atoms with Gasteiger partial charge in [0.1, 0.15) is 5.82 Å².